The molecule has 1 heteroatoms. The van der Waals surface area contributed by atoms with Gasteiger partial charge in [-0.2, -0.15) is 0 Å². The molecule has 0 N–H and O–H groups in total. The molecule has 1 aliphatic carbocycles. The first-order chi connectivity index (χ1) is 8.66. The Morgan fingerprint density at radius 1 is 1.00 bits per heavy atom. The highest BCUT2D eigenvalue weighted by atomic mass is 79.9. The van der Waals surface area contributed by atoms with Gasteiger partial charge in [0.15, 0.2) is 0 Å². The number of hydrogen-bond donors (Lipinski definition) is 0. The fraction of sp³-hybridized carbons (Fsp3) is 0.176. The zero-order chi connectivity index (χ0) is 12.7. The van der Waals surface area contributed by atoms with E-state index in [2.05, 4.69) is 78.3 Å². The molecule has 2 aromatic rings. The minimum Gasteiger partial charge on any atom is -0.0766 e. The lowest BCUT2D eigenvalue weighted by Gasteiger charge is -2.12. The van der Waals surface area contributed by atoms with Gasteiger partial charge in [0.1, 0.15) is 0 Å². The summed E-state index contributed by atoms with van der Waals surface area (Å²) in [6, 6.07) is 13.1. The van der Waals surface area contributed by atoms with Crippen molar-refractivity contribution in [2.75, 3.05) is 0 Å². The first-order valence-electron chi connectivity index (χ1n) is 6.24. The van der Waals surface area contributed by atoms with Gasteiger partial charge in [-0.05, 0) is 35.2 Å². The zero-order valence-electron chi connectivity index (χ0n) is 10.6. The molecule has 0 heterocycles. The van der Waals surface area contributed by atoms with Crippen LogP contribution in [0.5, 0.6) is 0 Å². The van der Waals surface area contributed by atoms with Crippen LogP contribution >= 0.6 is 15.9 Å². The summed E-state index contributed by atoms with van der Waals surface area (Å²) in [6.45, 7) is 4.36. The molecule has 2 aromatic carbocycles. The normalized spacial score (nSPS) is 16.9. The van der Waals surface area contributed by atoms with Crippen LogP contribution in [0.3, 0.4) is 0 Å². The topological polar surface area (TPSA) is 0 Å². The van der Waals surface area contributed by atoms with Gasteiger partial charge in [0.25, 0.3) is 0 Å². The van der Waals surface area contributed by atoms with Gasteiger partial charge in [-0.1, -0.05) is 70.9 Å². The quantitative estimate of drug-likeness (QED) is 0.647. The highest BCUT2D eigenvalue weighted by molar-refractivity contribution is 9.10. The largest absolute Gasteiger partial charge is 0.0766 e. The molecule has 0 fully saturated rings. The number of fused-ring (bicyclic) bond motifs is 1. The summed E-state index contributed by atoms with van der Waals surface area (Å²) in [5.41, 5.74) is 6.70. The van der Waals surface area contributed by atoms with E-state index in [9.17, 15) is 0 Å². The molecule has 0 spiro atoms. The first kappa shape index (κ1) is 11.7. The maximum Gasteiger partial charge on any atom is 0.0219 e. The summed E-state index contributed by atoms with van der Waals surface area (Å²) in [4.78, 5) is 0. The van der Waals surface area contributed by atoms with Gasteiger partial charge >= 0.3 is 0 Å². The molecule has 1 atom stereocenters. The SMILES string of the molecule is Cc1ccc(-c2ccc(Br)c3c2C=CC3C)cc1. The molecule has 0 radical (unpaired) electrons. The Labute approximate surface area is 116 Å². The zero-order valence-corrected chi connectivity index (χ0v) is 12.2. The number of halogens is 1. The van der Waals surface area contributed by atoms with Crippen LogP contribution in [0.15, 0.2) is 46.9 Å². The number of aryl methyl sites for hydroxylation is 1. The van der Waals surface area contributed by atoms with E-state index < -0.39 is 0 Å². The van der Waals surface area contributed by atoms with E-state index in [1.54, 1.807) is 0 Å². The van der Waals surface area contributed by atoms with Gasteiger partial charge in [0.2, 0.25) is 0 Å². The fourth-order valence-electron chi connectivity index (χ4n) is 2.57. The van der Waals surface area contributed by atoms with Gasteiger partial charge in [-0.3, -0.25) is 0 Å². The fourth-order valence-corrected chi connectivity index (χ4v) is 3.28. The minimum absolute atomic E-state index is 0.500. The molecule has 0 bridgehead atoms. The van der Waals surface area contributed by atoms with Crippen LogP contribution in [0.25, 0.3) is 17.2 Å². The highest BCUT2D eigenvalue weighted by Gasteiger charge is 2.19. The molecule has 1 aliphatic rings. The van der Waals surface area contributed by atoms with Crippen LogP contribution in [0, 0.1) is 6.92 Å². The Morgan fingerprint density at radius 2 is 1.72 bits per heavy atom. The molecule has 0 saturated carbocycles. The maximum atomic E-state index is 3.67. The van der Waals surface area contributed by atoms with E-state index in [0.29, 0.717) is 5.92 Å². The van der Waals surface area contributed by atoms with E-state index >= 15 is 0 Å². The minimum atomic E-state index is 0.500. The van der Waals surface area contributed by atoms with Crippen molar-refractivity contribution in [2.24, 2.45) is 0 Å². The second kappa shape index (κ2) is 4.40. The average molecular weight is 299 g/mol. The second-order valence-corrected chi connectivity index (χ2v) is 5.79. The molecule has 0 aliphatic heterocycles. The van der Waals surface area contributed by atoms with Crippen molar-refractivity contribution in [3.8, 4) is 11.1 Å². The van der Waals surface area contributed by atoms with Gasteiger partial charge in [-0.25, -0.2) is 0 Å². The summed E-state index contributed by atoms with van der Waals surface area (Å²) < 4.78 is 1.21. The summed E-state index contributed by atoms with van der Waals surface area (Å²) >= 11 is 3.67. The second-order valence-electron chi connectivity index (χ2n) is 4.94. The molecule has 1 unspecified atom stereocenters. The Balaban J connectivity index is 2.20. The van der Waals surface area contributed by atoms with E-state index in [0.717, 1.165) is 0 Å². The monoisotopic (exact) mass is 298 g/mol. The van der Waals surface area contributed by atoms with E-state index in [1.165, 1.54) is 32.3 Å². The number of allylic oxidation sites excluding steroid dienone is 1. The smallest absolute Gasteiger partial charge is 0.0219 e. The molecule has 18 heavy (non-hydrogen) atoms. The lowest BCUT2D eigenvalue weighted by atomic mass is 9.94. The first-order valence-corrected chi connectivity index (χ1v) is 7.04. The van der Waals surface area contributed by atoms with Crippen molar-refractivity contribution < 1.29 is 0 Å². The Morgan fingerprint density at radius 3 is 2.44 bits per heavy atom. The number of rotatable bonds is 1. The van der Waals surface area contributed by atoms with Crippen molar-refractivity contribution in [3.05, 3.63) is 63.6 Å². The number of benzene rings is 2. The lowest BCUT2D eigenvalue weighted by molar-refractivity contribution is 0.982. The molecule has 90 valence electrons. The lowest BCUT2D eigenvalue weighted by Crippen LogP contribution is -1.92. The van der Waals surface area contributed by atoms with Crippen molar-refractivity contribution in [2.45, 2.75) is 19.8 Å². The summed E-state index contributed by atoms with van der Waals surface area (Å²) in [7, 11) is 0. The third-order valence-electron chi connectivity index (χ3n) is 3.60. The predicted molar refractivity (Wildman–Crippen MR) is 81.8 cm³/mol. The van der Waals surface area contributed by atoms with Crippen LogP contribution in [-0.2, 0) is 0 Å². The van der Waals surface area contributed by atoms with Gasteiger partial charge in [-0.15, -0.1) is 0 Å². The molecule has 0 nitrogen and oxygen atoms in total. The molecule has 0 amide bonds. The van der Waals surface area contributed by atoms with Crippen molar-refractivity contribution in [1.29, 1.82) is 0 Å². The van der Waals surface area contributed by atoms with E-state index in [-0.39, 0.29) is 0 Å². The maximum absolute atomic E-state index is 3.67. The van der Waals surface area contributed by atoms with Gasteiger partial charge in [0, 0.05) is 10.4 Å². The van der Waals surface area contributed by atoms with Crippen LogP contribution in [0.1, 0.15) is 29.5 Å². The van der Waals surface area contributed by atoms with Crippen LogP contribution in [0.2, 0.25) is 0 Å². The molecular weight excluding hydrogens is 284 g/mol. The number of hydrogen-bond acceptors (Lipinski definition) is 0. The van der Waals surface area contributed by atoms with Crippen molar-refractivity contribution in [3.63, 3.8) is 0 Å². The Kier molecular flexibility index (Phi) is 2.87. The molecule has 3 rings (SSSR count). The summed E-state index contributed by atoms with van der Waals surface area (Å²) in [6.07, 6.45) is 4.52. The molecule has 0 saturated heterocycles. The van der Waals surface area contributed by atoms with Crippen LogP contribution < -0.4 is 0 Å². The van der Waals surface area contributed by atoms with E-state index in [4.69, 9.17) is 0 Å². The standard InChI is InChI=1S/C17H15Br/c1-11-3-6-13(7-4-11)14-9-10-16(18)17-12(2)5-8-15(14)17/h3-10,12H,1-2H3. The van der Waals surface area contributed by atoms with E-state index in [1.807, 2.05) is 0 Å². The van der Waals surface area contributed by atoms with Gasteiger partial charge < -0.3 is 0 Å². The third-order valence-corrected chi connectivity index (χ3v) is 4.29. The Hall–Kier alpha value is -1.34. The van der Waals surface area contributed by atoms with Crippen LogP contribution in [-0.4, -0.2) is 0 Å². The summed E-state index contributed by atoms with van der Waals surface area (Å²) in [5.74, 6) is 0.500. The highest BCUT2D eigenvalue weighted by Crippen LogP contribution is 2.40. The Bertz CT molecular complexity index is 621. The molecule has 0 aromatic heterocycles. The third kappa shape index (κ3) is 1.83. The van der Waals surface area contributed by atoms with Gasteiger partial charge in [0.05, 0.1) is 0 Å². The average Bonchev–Trinajstić information content (AvgIpc) is 2.75. The molecular formula is C17H15Br. The summed E-state index contributed by atoms with van der Waals surface area (Å²) in [5, 5.41) is 0. The van der Waals surface area contributed by atoms with Crippen molar-refractivity contribution in [1.82, 2.24) is 0 Å². The predicted octanol–water partition coefficient (Wildman–Crippen LogP) is 5.55. The van der Waals surface area contributed by atoms with Crippen molar-refractivity contribution >= 4 is 22.0 Å². The van der Waals surface area contributed by atoms with Crippen LogP contribution in [0.4, 0.5) is 0 Å².